The minimum absolute atomic E-state index is 0. The van der Waals surface area contributed by atoms with Crippen LogP contribution < -0.4 is 0 Å². The fourth-order valence-electron chi connectivity index (χ4n) is 0. The molecule has 0 rings (SSSR count). The van der Waals surface area contributed by atoms with Gasteiger partial charge in [-0.1, -0.05) is 0 Å². The van der Waals surface area contributed by atoms with Crippen molar-refractivity contribution in [1.29, 1.82) is 0 Å². The molecule has 9 heteroatoms. The predicted molar refractivity (Wildman–Crippen MR) is 44.3 cm³/mol. The normalized spacial score (nSPS) is 6.56. The molecular weight excluding hydrogens is 204 g/mol. The van der Waals surface area contributed by atoms with E-state index >= 15 is 0 Å². The Morgan fingerprint density at radius 1 is 0.889 bits per heavy atom. The Labute approximate surface area is 150 Å². The van der Waals surface area contributed by atoms with Crippen LogP contribution in [0.2, 0.25) is 0 Å². The van der Waals surface area contributed by atoms with E-state index in [-0.39, 0.29) is 126 Å². The van der Waals surface area contributed by atoms with Gasteiger partial charge in [-0.25, -0.2) is 4.57 Å². The van der Waals surface area contributed by atoms with E-state index in [2.05, 4.69) is 0 Å². The summed E-state index contributed by atoms with van der Waals surface area (Å²) in [6, 6.07) is 0. The molecule has 0 saturated heterocycles. The summed E-state index contributed by atoms with van der Waals surface area (Å²) >= 11 is 0. The summed E-state index contributed by atoms with van der Waals surface area (Å²) < 4.78 is 8.88. The number of hydrogen-bond donors (Lipinski definition) is 3. The Hall–Kier alpha value is 4.37. The zero-order valence-electron chi connectivity index (χ0n) is 2.20. The van der Waals surface area contributed by atoms with Gasteiger partial charge in [-0.05, 0) is 0 Å². The van der Waals surface area contributed by atoms with Gasteiger partial charge in [0.05, 0.1) is 0 Å². The Morgan fingerprint density at radius 2 is 0.889 bits per heavy atom. The van der Waals surface area contributed by atoms with Crippen LogP contribution in [0, 0.1) is 0 Å². The fourth-order valence-corrected chi connectivity index (χ4v) is 0. The first-order valence-electron chi connectivity index (χ1n) is 0.783. The van der Waals surface area contributed by atoms with E-state index in [1.807, 2.05) is 0 Å². The van der Waals surface area contributed by atoms with E-state index in [1.54, 1.807) is 0 Å². The van der Waals surface area contributed by atoms with Crippen molar-refractivity contribution in [3.05, 3.63) is 0 Å². The van der Waals surface area contributed by atoms with Gasteiger partial charge in [0, 0.05) is 0 Å². The average molecular weight is 212 g/mol. The van der Waals surface area contributed by atoms with Gasteiger partial charge in [-0.15, -0.1) is 0 Å². The van der Waals surface area contributed by atoms with Crippen molar-refractivity contribution in [2.45, 2.75) is 0 Å². The first-order chi connectivity index (χ1) is 2.00. The van der Waals surface area contributed by atoms with Gasteiger partial charge < -0.3 is 14.7 Å². The monoisotopic (exact) mass is 212 g/mol. The molecule has 0 aromatic rings. The van der Waals surface area contributed by atoms with Crippen molar-refractivity contribution in [2.75, 3.05) is 0 Å². The van der Waals surface area contributed by atoms with Crippen molar-refractivity contribution < 1.29 is 19.2 Å². The molecule has 0 radical (unpaired) electrons. The van der Waals surface area contributed by atoms with Crippen molar-refractivity contribution in [3.63, 3.8) is 0 Å². The van der Waals surface area contributed by atoms with Crippen molar-refractivity contribution in [3.8, 4) is 0 Å². The standard InChI is InChI=1S/Ca.3Na.H3O4P.5H/c;;;;1-5(2,3)4;;;;;/h;;;;(H3,1,2,3,4);;;;;. The molecule has 0 atom stereocenters. The third-order valence-electron chi connectivity index (χ3n) is 0. The van der Waals surface area contributed by atoms with E-state index in [9.17, 15) is 0 Å². The molecule has 0 unspecified atom stereocenters. The number of phosphoric acid groups is 1. The molecule has 0 amide bonds. The van der Waals surface area contributed by atoms with Crippen LogP contribution in [0.5, 0.6) is 0 Å². The van der Waals surface area contributed by atoms with Crippen LogP contribution in [0.25, 0.3) is 0 Å². The fraction of sp³-hybridized carbons (Fsp3) is 0. The molecule has 0 aliphatic heterocycles. The van der Waals surface area contributed by atoms with Gasteiger partial charge in [-0.3, -0.25) is 0 Å². The summed E-state index contributed by atoms with van der Waals surface area (Å²) in [5.41, 5.74) is 0. The quantitative estimate of drug-likeness (QED) is 0.284. The third kappa shape index (κ3) is 69.7. The van der Waals surface area contributed by atoms with E-state index in [4.69, 9.17) is 19.2 Å². The van der Waals surface area contributed by atoms with Gasteiger partial charge in [-0.2, -0.15) is 0 Å². The molecule has 9 heavy (non-hydrogen) atoms. The van der Waals surface area contributed by atoms with E-state index < -0.39 is 7.82 Å². The molecule has 0 fully saturated rings. The van der Waals surface area contributed by atoms with Gasteiger partial charge in [0.2, 0.25) is 0 Å². The summed E-state index contributed by atoms with van der Waals surface area (Å²) in [6.07, 6.45) is 0. The van der Waals surface area contributed by atoms with E-state index in [1.165, 1.54) is 0 Å². The molecule has 0 heterocycles. The molecule has 0 aromatic heterocycles. The zero-order valence-corrected chi connectivity index (χ0v) is 3.09. The van der Waals surface area contributed by atoms with Crippen molar-refractivity contribution in [2.24, 2.45) is 0 Å². The van der Waals surface area contributed by atoms with Crippen LogP contribution in [0.1, 0.15) is 0 Å². The summed E-state index contributed by atoms with van der Waals surface area (Å²) in [4.78, 5) is 21.6. The van der Waals surface area contributed by atoms with Crippen LogP contribution >= 0.6 is 7.82 Å². The van der Waals surface area contributed by atoms with Crippen LogP contribution in [-0.2, 0) is 4.57 Å². The SMILES string of the molecule is O=P(O)(O)O.[CaH2].[NaH].[NaH].[NaH]. The summed E-state index contributed by atoms with van der Waals surface area (Å²) in [5, 5.41) is 0. The van der Waals surface area contributed by atoms with Crippen molar-refractivity contribution in [1.82, 2.24) is 0 Å². The van der Waals surface area contributed by atoms with Crippen LogP contribution in [-0.4, -0.2) is 141 Å². The summed E-state index contributed by atoms with van der Waals surface area (Å²) in [6.45, 7) is 0. The van der Waals surface area contributed by atoms with Gasteiger partial charge in [0.1, 0.15) is 0 Å². The minimum atomic E-state index is -4.64. The topological polar surface area (TPSA) is 77.8 Å². The molecule has 0 aliphatic rings. The first-order valence-corrected chi connectivity index (χ1v) is 2.35. The molecule has 0 aromatic carbocycles. The summed E-state index contributed by atoms with van der Waals surface area (Å²) in [7, 11) is -4.64. The molecule has 42 valence electrons. The zero-order chi connectivity index (χ0) is 4.50. The second-order valence-corrected chi connectivity index (χ2v) is 1.54. The van der Waals surface area contributed by atoms with E-state index in [0.717, 1.165) is 0 Å². The molecule has 4 nitrogen and oxygen atoms in total. The van der Waals surface area contributed by atoms with Crippen molar-refractivity contribution >= 4 is 134 Å². The molecule has 0 bridgehead atoms. The average Bonchev–Trinajstić information content (AvgIpc) is 0.722. The van der Waals surface area contributed by atoms with Crippen LogP contribution in [0.15, 0.2) is 0 Å². The number of hydrogen-bond acceptors (Lipinski definition) is 1. The Kier molecular flexibility index (Phi) is 48.3. The molecule has 0 aliphatic carbocycles. The second-order valence-electron chi connectivity index (χ2n) is 0.513. The van der Waals surface area contributed by atoms with Gasteiger partial charge in [0.15, 0.2) is 0 Å². The second kappa shape index (κ2) is 14.9. The Morgan fingerprint density at radius 3 is 0.889 bits per heavy atom. The molecule has 0 spiro atoms. The number of rotatable bonds is 0. The van der Waals surface area contributed by atoms with Gasteiger partial charge >= 0.3 is 134 Å². The first kappa shape index (κ1) is 29.2. The Bertz CT molecular complexity index is 61.9. The molecule has 0 saturated carbocycles. The molecule has 3 N–H and O–H groups in total. The Balaban J connectivity index is -0.0000000133. The molecular formula is H8CaNa3O4P. The maximum atomic E-state index is 8.88. The predicted octanol–water partition coefficient (Wildman–Crippen LogP) is -3.79. The van der Waals surface area contributed by atoms with Crippen LogP contribution in [0.3, 0.4) is 0 Å². The van der Waals surface area contributed by atoms with E-state index in [0.29, 0.717) is 0 Å². The van der Waals surface area contributed by atoms with Crippen LogP contribution in [0.4, 0.5) is 0 Å². The maximum absolute atomic E-state index is 8.88. The summed E-state index contributed by atoms with van der Waals surface area (Å²) in [5.74, 6) is 0. The van der Waals surface area contributed by atoms with Gasteiger partial charge in [0.25, 0.3) is 0 Å². The third-order valence-corrected chi connectivity index (χ3v) is 0.